The fourth-order valence-corrected chi connectivity index (χ4v) is 1.03. The highest BCUT2D eigenvalue weighted by Crippen LogP contribution is 2.17. The average Bonchev–Trinajstić information content (AvgIpc) is 2.07. The van der Waals surface area contributed by atoms with Crippen molar-refractivity contribution in [2.24, 2.45) is 0 Å². The first kappa shape index (κ1) is 10.5. The van der Waals surface area contributed by atoms with Gasteiger partial charge in [0.1, 0.15) is 5.56 Å². The van der Waals surface area contributed by atoms with Crippen LogP contribution in [0.4, 0.5) is 0 Å². The largest absolute Gasteiger partial charge is 0.477 e. The number of aromatic nitrogens is 1. The lowest BCUT2D eigenvalue weighted by atomic mass is 10.2. The van der Waals surface area contributed by atoms with Crippen molar-refractivity contribution in [3.05, 3.63) is 23.4 Å². The lowest BCUT2D eigenvalue weighted by molar-refractivity contribution is 0.0689. The molecule has 0 aromatic carbocycles. The number of carbonyl (C=O) groups is 1. The van der Waals surface area contributed by atoms with Gasteiger partial charge in [-0.1, -0.05) is 0 Å². The predicted molar refractivity (Wildman–Crippen MR) is 51.7 cm³/mol. The molecular formula is C10H13NO3. The van der Waals surface area contributed by atoms with E-state index < -0.39 is 5.97 Å². The zero-order valence-corrected chi connectivity index (χ0v) is 8.44. The summed E-state index contributed by atoms with van der Waals surface area (Å²) < 4.78 is 5.27. The molecule has 76 valence electrons. The van der Waals surface area contributed by atoms with Crippen LogP contribution in [0.1, 0.15) is 29.8 Å². The van der Waals surface area contributed by atoms with Crippen molar-refractivity contribution in [1.82, 2.24) is 4.98 Å². The molecule has 0 radical (unpaired) electrons. The van der Waals surface area contributed by atoms with E-state index in [-0.39, 0.29) is 17.5 Å². The zero-order chi connectivity index (χ0) is 10.7. The second kappa shape index (κ2) is 4.09. The van der Waals surface area contributed by atoms with Crippen molar-refractivity contribution in [1.29, 1.82) is 0 Å². The molecule has 0 atom stereocenters. The number of ether oxygens (including phenoxy) is 1. The van der Waals surface area contributed by atoms with E-state index >= 15 is 0 Å². The monoisotopic (exact) mass is 195 g/mol. The van der Waals surface area contributed by atoms with Crippen LogP contribution in [0.5, 0.6) is 5.88 Å². The Bertz CT molecular complexity index is 347. The summed E-state index contributed by atoms with van der Waals surface area (Å²) in [5.41, 5.74) is 0.914. The van der Waals surface area contributed by atoms with E-state index in [1.807, 2.05) is 13.8 Å². The Kier molecular flexibility index (Phi) is 3.06. The second-order valence-corrected chi connectivity index (χ2v) is 3.34. The molecule has 0 bridgehead atoms. The summed E-state index contributed by atoms with van der Waals surface area (Å²) in [7, 11) is 0. The Hall–Kier alpha value is -1.58. The van der Waals surface area contributed by atoms with Crippen LogP contribution in [-0.2, 0) is 0 Å². The quantitative estimate of drug-likeness (QED) is 0.799. The highest BCUT2D eigenvalue weighted by atomic mass is 16.5. The van der Waals surface area contributed by atoms with E-state index in [1.54, 1.807) is 19.2 Å². The first-order valence-electron chi connectivity index (χ1n) is 4.37. The summed E-state index contributed by atoms with van der Waals surface area (Å²) in [5, 5.41) is 8.88. The maximum absolute atomic E-state index is 10.8. The van der Waals surface area contributed by atoms with Crippen LogP contribution in [0.15, 0.2) is 12.3 Å². The molecule has 4 heteroatoms. The van der Waals surface area contributed by atoms with Gasteiger partial charge in [-0.25, -0.2) is 9.78 Å². The molecular weight excluding hydrogens is 182 g/mol. The van der Waals surface area contributed by atoms with Crippen LogP contribution in [-0.4, -0.2) is 22.2 Å². The fraction of sp³-hybridized carbons (Fsp3) is 0.400. The maximum atomic E-state index is 10.8. The van der Waals surface area contributed by atoms with Crippen LogP contribution >= 0.6 is 0 Å². The Morgan fingerprint density at radius 2 is 2.21 bits per heavy atom. The van der Waals surface area contributed by atoms with Crippen molar-refractivity contribution in [2.75, 3.05) is 0 Å². The van der Waals surface area contributed by atoms with E-state index in [2.05, 4.69) is 4.98 Å². The van der Waals surface area contributed by atoms with E-state index in [0.717, 1.165) is 5.56 Å². The third-order valence-electron chi connectivity index (χ3n) is 1.57. The van der Waals surface area contributed by atoms with E-state index in [0.29, 0.717) is 0 Å². The Morgan fingerprint density at radius 1 is 1.57 bits per heavy atom. The van der Waals surface area contributed by atoms with Crippen molar-refractivity contribution in [3.8, 4) is 5.88 Å². The fourth-order valence-electron chi connectivity index (χ4n) is 1.03. The van der Waals surface area contributed by atoms with Gasteiger partial charge >= 0.3 is 5.97 Å². The molecule has 0 saturated carbocycles. The van der Waals surface area contributed by atoms with Gasteiger partial charge in [0.25, 0.3) is 0 Å². The topological polar surface area (TPSA) is 59.4 Å². The lowest BCUT2D eigenvalue weighted by Crippen LogP contribution is -2.11. The Labute approximate surface area is 82.5 Å². The summed E-state index contributed by atoms with van der Waals surface area (Å²) in [6, 6.07) is 1.55. The van der Waals surface area contributed by atoms with Crippen molar-refractivity contribution in [2.45, 2.75) is 26.9 Å². The molecule has 1 rings (SSSR count). The van der Waals surface area contributed by atoms with E-state index in [4.69, 9.17) is 9.84 Å². The van der Waals surface area contributed by atoms with Crippen molar-refractivity contribution in [3.63, 3.8) is 0 Å². The third kappa shape index (κ3) is 2.45. The van der Waals surface area contributed by atoms with Gasteiger partial charge in [0.2, 0.25) is 5.88 Å². The SMILES string of the molecule is Cc1cnc(OC(C)C)c(C(=O)O)c1. The zero-order valence-electron chi connectivity index (χ0n) is 8.44. The van der Waals surface area contributed by atoms with E-state index in [1.165, 1.54) is 0 Å². The predicted octanol–water partition coefficient (Wildman–Crippen LogP) is 1.88. The highest BCUT2D eigenvalue weighted by molar-refractivity contribution is 5.90. The number of nitrogens with zero attached hydrogens (tertiary/aromatic N) is 1. The van der Waals surface area contributed by atoms with Crippen LogP contribution in [0.3, 0.4) is 0 Å². The molecule has 1 N–H and O–H groups in total. The number of carboxylic acid groups (broad SMARTS) is 1. The summed E-state index contributed by atoms with van der Waals surface area (Å²) in [6.07, 6.45) is 1.51. The van der Waals surface area contributed by atoms with Gasteiger partial charge in [0, 0.05) is 6.20 Å². The molecule has 0 aliphatic carbocycles. The van der Waals surface area contributed by atoms with E-state index in [9.17, 15) is 4.79 Å². The normalized spacial score (nSPS) is 10.3. The van der Waals surface area contributed by atoms with Gasteiger partial charge in [-0.05, 0) is 32.4 Å². The van der Waals surface area contributed by atoms with Gasteiger partial charge in [-0.3, -0.25) is 0 Å². The molecule has 1 heterocycles. The average molecular weight is 195 g/mol. The van der Waals surface area contributed by atoms with Gasteiger partial charge < -0.3 is 9.84 Å². The number of aryl methyl sites for hydroxylation is 1. The standard InChI is InChI=1S/C10H13NO3/c1-6(2)14-9-8(10(12)13)4-7(3)5-11-9/h4-6H,1-3H3,(H,12,13). The summed E-state index contributed by atoms with van der Waals surface area (Å²) >= 11 is 0. The molecule has 14 heavy (non-hydrogen) atoms. The molecule has 1 aromatic rings. The number of rotatable bonds is 3. The highest BCUT2D eigenvalue weighted by Gasteiger charge is 2.13. The molecule has 0 unspecified atom stereocenters. The third-order valence-corrected chi connectivity index (χ3v) is 1.57. The van der Waals surface area contributed by atoms with Crippen LogP contribution in [0, 0.1) is 6.92 Å². The molecule has 0 fully saturated rings. The molecule has 0 aliphatic rings. The second-order valence-electron chi connectivity index (χ2n) is 3.34. The Morgan fingerprint density at radius 3 is 2.71 bits per heavy atom. The number of carboxylic acids is 1. The maximum Gasteiger partial charge on any atom is 0.341 e. The van der Waals surface area contributed by atoms with Crippen molar-refractivity contribution >= 4 is 5.97 Å². The molecule has 0 spiro atoms. The number of aromatic carboxylic acids is 1. The molecule has 0 aliphatic heterocycles. The van der Waals surface area contributed by atoms with Gasteiger partial charge in [-0.2, -0.15) is 0 Å². The minimum atomic E-state index is -1.02. The lowest BCUT2D eigenvalue weighted by Gasteiger charge is -2.10. The van der Waals surface area contributed by atoms with Crippen LogP contribution < -0.4 is 4.74 Å². The minimum absolute atomic E-state index is 0.0803. The van der Waals surface area contributed by atoms with Crippen LogP contribution in [0.25, 0.3) is 0 Å². The summed E-state index contributed by atoms with van der Waals surface area (Å²) in [6.45, 7) is 5.44. The number of hydrogen-bond acceptors (Lipinski definition) is 3. The summed E-state index contributed by atoms with van der Waals surface area (Å²) in [4.78, 5) is 14.8. The van der Waals surface area contributed by atoms with Gasteiger partial charge in [-0.15, -0.1) is 0 Å². The summed E-state index contributed by atoms with van der Waals surface area (Å²) in [5.74, 6) is -0.838. The minimum Gasteiger partial charge on any atom is -0.477 e. The smallest absolute Gasteiger partial charge is 0.341 e. The van der Waals surface area contributed by atoms with Crippen LogP contribution in [0.2, 0.25) is 0 Å². The van der Waals surface area contributed by atoms with Crippen molar-refractivity contribution < 1.29 is 14.6 Å². The molecule has 4 nitrogen and oxygen atoms in total. The molecule has 0 amide bonds. The number of pyridine rings is 1. The Balaban J connectivity index is 3.08. The molecule has 1 aromatic heterocycles. The first-order chi connectivity index (χ1) is 6.50. The van der Waals surface area contributed by atoms with Gasteiger partial charge in [0.05, 0.1) is 6.10 Å². The number of hydrogen-bond donors (Lipinski definition) is 1. The molecule has 0 saturated heterocycles. The van der Waals surface area contributed by atoms with Gasteiger partial charge in [0.15, 0.2) is 0 Å². The first-order valence-corrected chi connectivity index (χ1v) is 4.37.